The van der Waals surface area contributed by atoms with Gasteiger partial charge in [-0.1, -0.05) is 23.8 Å². The van der Waals surface area contributed by atoms with E-state index in [1.54, 1.807) is 0 Å². The Morgan fingerprint density at radius 2 is 2.33 bits per heavy atom. The van der Waals surface area contributed by atoms with Gasteiger partial charge in [0.1, 0.15) is 0 Å². The second-order valence-corrected chi connectivity index (χ2v) is 3.27. The molecular formula is C10H14F2. The number of hydrogen-bond donors (Lipinski definition) is 0. The van der Waals surface area contributed by atoms with Gasteiger partial charge in [0.15, 0.2) is 0 Å². The first kappa shape index (κ1) is 9.43. The molecule has 0 aliphatic heterocycles. The van der Waals surface area contributed by atoms with E-state index in [0.29, 0.717) is 12.3 Å². The highest BCUT2D eigenvalue weighted by Crippen LogP contribution is 2.21. The van der Waals surface area contributed by atoms with Crippen LogP contribution in [0.25, 0.3) is 0 Å². The second kappa shape index (κ2) is 4.39. The smallest absolute Gasteiger partial charge is 0.211 e. The molecule has 0 aromatic carbocycles. The van der Waals surface area contributed by atoms with Gasteiger partial charge in [0.2, 0.25) is 6.43 Å². The summed E-state index contributed by atoms with van der Waals surface area (Å²) in [6, 6.07) is 0. The van der Waals surface area contributed by atoms with Crippen LogP contribution in [0.5, 0.6) is 0 Å². The van der Waals surface area contributed by atoms with E-state index in [1.165, 1.54) is 5.57 Å². The summed E-state index contributed by atoms with van der Waals surface area (Å²) in [6.45, 7) is 2.03. The largest absolute Gasteiger partial charge is 0.238 e. The molecule has 1 rings (SSSR count). The van der Waals surface area contributed by atoms with Crippen LogP contribution in [0.3, 0.4) is 0 Å². The summed E-state index contributed by atoms with van der Waals surface area (Å²) in [4.78, 5) is 0. The highest BCUT2D eigenvalue weighted by Gasteiger charge is 2.10. The molecule has 0 heterocycles. The van der Waals surface area contributed by atoms with Gasteiger partial charge in [-0.15, -0.1) is 0 Å². The van der Waals surface area contributed by atoms with Gasteiger partial charge < -0.3 is 0 Å². The molecule has 68 valence electrons. The summed E-state index contributed by atoms with van der Waals surface area (Å²) in [5.74, 6) is 0.336. The Balaban J connectivity index is 2.25. The normalized spacial score (nSPS) is 23.0. The van der Waals surface area contributed by atoms with Crippen LogP contribution in [0, 0.1) is 5.92 Å². The van der Waals surface area contributed by atoms with Crippen LogP contribution in [0.2, 0.25) is 0 Å². The van der Waals surface area contributed by atoms with E-state index in [2.05, 4.69) is 6.08 Å². The molecule has 0 amide bonds. The molecule has 0 fully saturated rings. The van der Waals surface area contributed by atoms with Crippen molar-refractivity contribution in [3.63, 3.8) is 0 Å². The molecule has 1 aliphatic carbocycles. The molecule has 12 heavy (non-hydrogen) atoms. The van der Waals surface area contributed by atoms with Crippen molar-refractivity contribution in [3.8, 4) is 0 Å². The number of halogens is 2. The first-order chi connectivity index (χ1) is 5.68. The van der Waals surface area contributed by atoms with E-state index < -0.39 is 6.43 Å². The number of alkyl halides is 2. The molecule has 0 aromatic rings. The zero-order chi connectivity index (χ0) is 8.97. The molecule has 0 saturated carbocycles. The Hall–Kier alpha value is -0.660. The monoisotopic (exact) mass is 172 g/mol. The minimum Gasteiger partial charge on any atom is -0.211 e. The van der Waals surface area contributed by atoms with E-state index in [1.807, 2.05) is 19.1 Å². The third-order valence-corrected chi connectivity index (χ3v) is 2.13. The summed E-state index contributed by atoms with van der Waals surface area (Å²) in [6.07, 6.45) is 5.58. The van der Waals surface area contributed by atoms with Gasteiger partial charge >= 0.3 is 0 Å². The van der Waals surface area contributed by atoms with Crippen molar-refractivity contribution in [1.29, 1.82) is 0 Å². The van der Waals surface area contributed by atoms with Crippen molar-refractivity contribution in [2.75, 3.05) is 0 Å². The van der Waals surface area contributed by atoms with Gasteiger partial charge in [-0.25, -0.2) is 8.78 Å². The van der Waals surface area contributed by atoms with Crippen LogP contribution in [0.15, 0.2) is 23.8 Å². The maximum absolute atomic E-state index is 11.8. The third-order valence-electron chi connectivity index (χ3n) is 2.13. The molecule has 1 unspecified atom stereocenters. The van der Waals surface area contributed by atoms with Crippen molar-refractivity contribution in [1.82, 2.24) is 0 Å². The van der Waals surface area contributed by atoms with Crippen LogP contribution >= 0.6 is 0 Å². The highest BCUT2D eigenvalue weighted by atomic mass is 19.3. The number of allylic oxidation sites excluding steroid dienone is 4. The number of rotatable bonds is 3. The van der Waals surface area contributed by atoms with E-state index >= 15 is 0 Å². The summed E-state index contributed by atoms with van der Waals surface area (Å²) in [7, 11) is 0. The van der Waals surface area contributed by atoms with Crippen LogP contribution < -0.4 is 0 Å². The van der Waals surface area contributed by atoms with Gasteiger partial charge in [-0.3, -0.25) is 0 Å². The minimum atomic E-state index is -2.15. The fourth-order valence-corrected chi connectivity index (χ4v) is 1.33. The topological polar surface area (TPSA) is 0 Å². The first-order valence-electron chi connectivity index (χ1n) is 4.31. The Morgan fingerprint density at radius 3 is 2.83 bits per heavy atom. The summed E-state index contributed by atoms with van der Waals surface area (Å²) in [5.41, 5.74) is 1.24. The molecule has 0 bridgehead atoms. The van der Waals surface area contributed by atoms with Crippen molar-refractivity contribution < 1.29 is 8.78 Å². The molecule has 0 N–H and O–H groups in total. The van der Waals surface area contributed by atoms with Crippen LogP contribution in [0.4, 0.5) is 8.78 Å². The first-order valence-corrected chi connectivity index (χ1v) is 4.31. The zero-order valence-electron chi connectivity index (χ0n) is 7.26. The van der Waals surface area contributed by atoms with E-state index in [0.717, 1.165) is 6.42 Å². The molecular weight excluding hydrogens is 158 g/mol. The lowest BCUT2D eigenvalue weighted by atomic mass is 9.93. The minimum absolute atomic E-state index is 0.0297. The Kier molecular flexibility index (Phi) is 3.45. The predicted octanol–water partition coefficient (Wildman–Crippen LogP) is 3.55. The molecule has 0 aromatic heterocycles. The van der Waals surface area contributed by atoms with Gasteiger partial charge in [0.25, 0.3) is 0 Å². The Labute approximate surface area is 72.0 Å². The average Bonchev–Trinajstić information content (AvgIpc) is 2.03. The maximum atomic E-state index is 11.8. The van der Waals surface area contributed by atoms with Crippen LogP contribution in [0.1, 0.15) is 26.2 Å². The predicted molar refractivity (Wildman–Crippen MR) is 46.2 cm³/mol. The highest BCUT2D eigenvalue weighted by molar-refractivity contribution is 5.21. The molecule has 1 aliphatic rings. The zero-order valence-corrected chi connectivity index (χ0v) is 7.26. The fraction of sp³-hybridized carbons (Fsp3) is 0.600. The fourth-order valence-electron chi connectivity index (χ4n) is 1.33. The molecule has 0 saturated heterocycles. The van der Waals surface area contributed by atoms with E-state index in [-0.39, 0.29) is 6.42 Å². The third kappa shape index (κ3) is 3.16. The molecule has 2 heteroatoms. The van der Waals surface area contributed by atoms with Crippen LogP contribution in [-0.2, 0) is 0 Å². The lowest BCUT2D eigenvalue weighted by Crippen LogP contribution is -2.02. The Bertz CT molecular complexity index is 192. The van der Waals surface area contributed by atoms with Gasteiger partial charge in [-0.05, 0) is 25.7 Å². The molecule has 0 nitrogen and oxygen atoms in total. The average molecular weight is 172 g/mol. The van der Waals surface area contributed by atoms with Crippen molar-refractivity contribution in [2.24, 2.45) is 5.92 Å². The van der Waals surface area contributed by atoms with Gasteiger partial charge in [-0.2, -0.15) is 0 Å². The van der Waals surface area contributed by atoms with E-state index in [9.17, 15) is 8.78 Å². The van der Waals surface area contributed by atoms with E-state index in [4.69, 9.17) is 0 Å². The summed E-state index contributed by atoms with van der Waals surface area (Å²) in [5, 5.41) is 0. The maximum Gasteiger partial charge on any atom is 0.238 e. The van der Waals surface area contributed by atoms with Crippen LogP contribution in [-0.4, -0.2) is 6.43 Å². The van der Waals surface area contributed by atoms with Crippen molar-refractivity contribution in [3.05, 3.63) is 23.8 Å². The SMILES string of the molecule is CC1=CCC(CCC(F)F)C=C1. The lowest BCUT2D eigenvalue weighted by molar-refractivity contribution is 0.130. The lowest BCUT2D eigenvalue weighted by Gasteiger charge is -2.13. The molecule has 1 atom stereocenters. The second-order valence-electron chi connectivity index (χ2n) is 3.27. The van der Waals surface area contributed by atoms with Gasteiger partial charge in [0.05, 0.1) is 0 Å². The summed E-state index contributed by atoms with van der Waals surface area (Å²) >= 11 is 0. The molecule has 0 radical (unpaired) electrons. The number of hydrogen-bond acceptors (Lipinski definition) is 0. The quantitative estimate of drug-likeness (QED) is 0.610. The van der Waals surface area contributed by atoms with Crippen molar-refractivity contribution in [2.45, 2.75) is 32.6 Å². The summed E-state index contributed by atoms with van der Waals surface area (Å²) < 4.78 is 23.7. The van der Waals surface area contributed by atoms with Crippen molar-refractivity contribution >= 4 is 0 Å². The molecule has 0 spiro atoms. The standard InChI is InChI=1S/C10H14F2/c1-8-2-4-9(5-3-8)6-7-10(11)12/h2-4,9-10H,5-7H2,1H3. The Morgan fingerprint density at radius 1 is 1.58 bits per heavy atom. The van der Waals surface area contributed by atoms with Gasteiger partial charge in [0, 0.05) is 6.42 Å².